The Hall–Kier alpha value is -3.26. The zero-order valence-corrected chi connectivity index (χ0v) is 16.3. The highest BCUT2D eigenvalue weighted by molar-refractivity contribution is 7.04. The van der Waals surface area contributed by atoms with Crippen LogP contribution in [0.25, 0.3) is 22.4 Å². The maximum absolute atomic E-state index is 12.1. The van der Waals surface area contributed by atoms with Gasteiger partial charge in [0.15, 0.2) is 11.5 Å². The number of carbonyl (C=O) groups excluding carboxylic acids is 1. The first-order valence-electron chi connectivity index (χ1n) is 8.35. The molecule has 2 aromatic carbocycles. The molecule has 0 fully saturated rings. The Labute approximate surface area is 165 Å². The SMILES string of the molecule is COC(=O)c1cc(-c2csnc2-c2cc(OC)c3c(c2)OCO3)ccc1OC. The van der Waals surface area contributed by atoms with Crippen LogP contribution in [0.4, 0.5) is 0 Å². The summed E-state index contributed by atoms with van der Waals surface area (Å²) in [4.78, 5) is 12.1. The van der Waals surface area contributed by atoms with E-state index >= 15 is 0 Å². The van der Waals surface area contributed by atoms with Gasteiger partial charge in [0.1, 0.15) is 11.3 Å². The Bertz CT molecular complexity index is 1050. The maximum atomic E-state index is 12.1. The molecule has 1 aliphatic heterocycles. The zero-order chi connectivity index (χ0) is 19.7. The number of carbonyl (C=O) groups is 1. The van der Waals surface area contributed by atoms with E-state index in [1.807, 2.05) is 23.6 Å². The number of hydrogen-bond acceptors (Lipinski definition) is 8. The highest BCUT2D eigenvalue weighted by atomic mass is 32.1. The van der Waals surface area contributed by atoms with Crippen molar-refractivity contribution >= 4 is 17.5 Å². The predicted octanol–water partition coefficient (Wildman–Crippen LogP) is 4.01. The molecule has 28 heavy (non-hydrogen) atoms. The molecule has 2 heterocycles. The summed E-state index contributed by atoms with van der Waals surface area (Å²) in [7, 11) is 4.43. The molecule has 1 aliphatic rings. The van der Waals surface area contributed by atoms with Crippen LogP contribution < -0.4 is 18.9 Å². The van der Waals surface area contributed by atoms with Gasteiger partial charge in [-0.2, -0.15) is 4.37 Å². The third kappa shape index (κ3) is 3.01. The number of hydrogen-bond donors (Lipinski definition) is 0. The molecular formula is C20H17NO6S. The van der Waals surface area contributed by atoms with Crippen molar-refractivity contribution in [1.29, 1.82) is 0 Å². The van der Waals surface area contributed by atoms with Gasteiger partial charge in [0, 0.05) is 16.5 Å². The summed E-state index contributed by atoms with van der Waals surface area (Å²) < 4.78 is 31.1. The number of nitrogens with zero attached hydrogens (tertiary/aromatic N) is 1. The number of esters is 1. The van der Waals surface area contributed by atoms with Gasteiger partial charge in [-0.1, -0.05) is 6.07 Å². The Morgan fingerprint density at radius 1 is 1.04 bits per heavy atom. The third-order valence-corrected chi connectivity index (χ3v) is 5.05. The minimum Gasteiger partial charge on any atom is -0.496 e. The zero-order valence-electron chi connectivity index (χ0n) is 15.5. The molecule has 7 nitrogen and oxygen atoms in total. The largest absolute Gasteiger partial charge is 0.496 e. The summed E-state index contributed by atoms with van der Waals surface area (Å²) in [6.07, 6.45) is 0. The second-order valence-electron chi connectivity index (χ2n) is 5.90. The van der Waals surface area contributed by atoms with Gasteiger partial charge in [0.05, 0.1) is 27.0 Å². The van der Waals surface area contributed by atoms with Crippen LogP contribution in [-0.4, -0.2) is 38.5 Å². The summed E-state index contributed by atoms with van der Waals surface area (Å²) in [6.45, 7) is 0.153. The van der Waals surface area contributed by atoms with Crippen molar-refractivity contribution in [2.24, 2.45) is 0 Å². The first kappa shape index (κ1) is 18.1. The van der Waals surface area contributed by atoms with E-state index in [1.54, 1.807) is 19.2 Å². The van der Waals surface area contributed by atoms with Crippen molar-refractivity contribution < 1.29 is 28.5 Å². The lowest BCUT2D eigenvalue weighted by atomic mass is 9.99. The van der Waals surface area contributed by atoms with Gasteiger partial charge in [0.2, 0.25) is 12.5 Å². The van der Waals surface area contributed by atoms with Crippen LogP contribution in [0.5, 0.6) is 23.0 Å². The number of ether oxygens (including phenoxy) is 5. The van der Waals surface area contributed by atoms with Gasteiger partial charge >= 0.3 is 5.97 Å². The Morgan fingerprint density at radius 2 is 1.86 bits per heavy atom. The first-order valence-corrected chi connectivity index (χ1v) is 9.19. The minimum absolute atomic E-state index is 0.153. The molecule has 0 spiro atoms. The molecule has 144 valence electrons. The smallest absolute Gasteiger partial charge is 0.341 e. The fourth-order valence-electron chi connectivity index (χ4n) is 3.06. The summed E-state index contributed by atoms with van der Waals surface area (Å²) in [5.41, 5.74) is 3.62. The van der Waals surface area contributed by atoms with Crippen molar-refractivity contribution in [2.45, 2.75) is 0 Å². The lowest BCUT2D eigenvalue weighted by Crippen LogP contribution is -2.04. The molecule has 4 rings (SSSR count). The topological polar surface area (TPSA) is 76.1 Å². The molecule has 0 unspecified atom stereocenters. The van der Waals surface area contributed by atoms with E-state index in [-0.39, 0.29) is 6.79 Å². The Balaban J connectivity index is 1.82. The van der Waals surface area contributed by atoms with Crippen molar-refractivity contribution in [3.63, 3.8) is 0 Å². The molecule has 1 aromatic heterocycles. The molecule has 0 bridgehead atoms. The van der Waals surface area contributed by atoms with Crippen LogP contribution in [0.2, 0.25) is 0 Å². The second kappa shape index (κ2) is 7.40. The van der Waals surface area contributed by atoms with Gasteiger partial charge in [-0.3, -0.25) is 0 Å². The number of rotatable bonds is 5. The third-order valence-electron chi connectivity index (χ3n) is 4.42. The quantitative estimate of drug-likeness (QED) is 0.600. The van der Waals surface area contributed by atoms with Crippen LogP contribution in [-0.2, 0) is 4.74 Å². The van der Waals surface area contributed by atoms with E-state index in [2.05, 4.69) is 4.37 Å². The van der Waals surface area contributed by atoms with Gasteiger partial charge < -0.3 is 23.7 Å². The second-order valence-corrected chi connectivity index (χ2v) is 6.52. The molecule has 0 amide bonds. The van der Waals surface area contributed by atoms with E-state index in [0.717, 1.165) is 22.4 Å². The average Bonchev–Trinajstić information content (AvgIpc) is 3.41. The van der Waals surface area contributed by atoms with Gasteiger partial charge in [0.25, 0.3) is 0 Å². The lowest BCUT2D eigenvalue weighted by Gasteiger charge is -2.11. The molecule has 0 saturated heterocycles. The molecule has 0 radical (unpaired) electrons. The number of benzene rings is 2. The number of fused-ring (bicyclic) bond motifs is 1. The van der Waals surface area contributed by atoms with E-state index in [4.69, 9.17) is 23.7 Å². The van der Waals surface area contributed by atoms with E-state index in [1.165, 1.54) is 25.8 Å². The van der Waals surface area contributed by atoms with Crippen molar-refractivity contribution in [2.75, 3.05) is 28.1 Å². The minimum atomic E-state index is -0.465. The van der Waals surface area contributed by atoms with Gasteiger partial charge in [-0.05, 0) is 41.4 Å². The molecular weight excluding hydrogens is 382 g/mol. The van der Waals surface area contributed by atoms with Crippen molar-refractivity contribution in [3.8, 4) is 45.4 Å². The molecule has 3 aromatic rings. The van der Waals surface area contributed by atoms with Crippen molar-refractivity contribution in [1.82, 2.24) is 4.37 Å². The summed E-state index contributed by atoms with van der Waals surface area (Å²) in [5.74, 6) is 1.76. The molecule has 0 atom stereocenters. The summed E-state index contributed by atoms with van der Waals surface area (Å²) in [5, 5.41) is 1.93. The number of aromatic nitrogens is 1. The Morgan fingerprint density at radius 3 is 2.61 bits per heavy atom. The fraction of sp³-hybridized carbons (Fsp3) is 0.200. The Kier molecular flexibility index (Phi) is 4.79. The fourth-order valence-corrected chi connectivity index (χ4v) is 3.78. The maximum Gasteiger partial charge on any atom is 0.341 e. The molecule has 0 N–H and O–H groups in total. The van der Waals surface area contributed by atoms with E-state index in [9.17, 15) is 4.79 Å². The standard InChI is InChI=1S/C20H17NO6S/c1-23-15-5-4-11(6-13(15)20(22)25-3)14-9-28-21-18(14)12-7-16(24-2)19-17(8-12)26-10-27-19/h4-9H,10H2,1-3H3. The van der Waals surface area contributed by atoms with E-state index in [0.29, 0.717) is 28.6 Å². The molecule has 0 saturated carbocycles. The predicted molar refractivity (Wildman–Crippen MR) is 104 cm³/mol. The van der Waals surface area contributed by atoms with Crippen LogP contribution in [0, 0.1) is 0 Å². The van der Waals surface area contributed by atoms with Crippen LogP contribution in [0.15, 0.2) is 35.7 Å². The summed E-state index contributed by atoms with van der Waals surface area (Å²) >= 11 is 1.32. The highest BCUT2D eigenvalue weighted by Gasteiger charge is 2.23. The summed E-state index contributed by atoms with van der Waals surface area (Å²) in [6, 6.07) is 9.08. The molecule has 0 aliphatic carbocycles. The van der Waals surface area contributed by atoms with E-state index < -0.39 is 5.97 Å². The monoisotopic (exact) mass is 399 g/mol. The average molecular weight is 399 g/mol. The van der Waals surface area contributed by atoms with Crippen LogP contribution in [0.3, 0.4) is 0 Å². The number of methoxy groups -OCH3 is 3. The lowest BCUT2D eigenvalue weighted by molar-refractivity contribution is 0.0597. The molecule has 8 heteroatoms. The highest BCUT2D eigenvalue weighted by Crippen LogP contribution is 2.46. The van der Waals surface area contributed by atoms with Crippen LogP contribution in [0.1, 0.15) is 10.4 Å². The van der Waals surface area contributed by atoms with Gasteiger partial charge in [-0.25, -0.2) is 4.79 Å². The first-order chi connectivity index (χ1) is 13.7. The van der Waals surface area contributed by atoms with Gasteiger partial charge in [-0.15, -0.1) is 0 Å². The van der Waals surface area contributed by atoms with Crippen molar-refractivity contribution in [3.05, 3.63) is 41.3 Å². The van der Waals surface area contributed by atoms with Crippen LogP contribution >= 0.6 is 11.5 Å². The normalized spacial score (nSPS) is 12.0.